The van der Waals surface area contributed by atoms with Crippen LogP contribution in [0.3, 0.4) is 0 Å². The third-order valence-electron chi connectivity index (χ3n) is 5.46. The van der Waals surface area contributed by atoms with E-state index in [0.717, 1.165) is 31.0 Å². The number of nitrogens with zero attached hydrogens (tertiary/aromatic N) is 4. The van der Waals surface area contributed by atoms with Gasteiger partial charge in [0.15, 0.2) is 0 Å². The third kappa shape index (κ3) is 5.81. The first-order valence-corrected chi connectivity index (χ1v) is 10.3. The van der Waals surface area contributed by atoms with E-state index in [2.05, 4.69) is 16.9 Å². The van der Waals surface area contributed by atoms with Gasteiger partial charge < -0.3 is 19.3 Å². The Hall–Kier alpha value is -2.38. The van der Waals surface area contributed by atoms with E-state index in [0.29, 0.717) is 24.8 Å². The molecule has 0 spiro atoms. The van der Waals surface area contributed by atoms with Crippen molar-refractivity contribution in [3.8, 4) is 11.4 Å². The van der Waals surface area contributed by atoms with Crippen molar-refractivity contribution in [1.29, 1.82) is 0 Å². The number of hydrogen-bond acceptors (Lipinski definition) is 5. The molecule has 1 atom stereocenters. The first kappa shape index (κ1) is 21.3. The summed E-state index contributed by atoms with van der Waals surface area (Å²) in [6.07, 6.45) is 7.00. The minimum Gasteiger partial charge on any atom is -0.494 e. The number of carbonyl (C=O) groups excluding carboxylic acids is 1. The molecule has 1 aliphatic rings. The molecule has 1 aliphatic heterocycles. The van der Waals surface area contributed by atoms with Gasteiger partial charge in [-0.2, -0.15) is 5.10 Å². The predicted octanol–water partition coefficient (Wildman–Crippen LogP) is 2.84. The fraction of sp³-hybridized carbons (Fsp3) is 0.545. The minimum absolute atomic E-state index is 0.0689. The molecule has 0 N–H and O–H groups in total. The van der Waals surface area contributed by atoms with Crippen LogP contribution in [0.4, 0.5) is 0 Å². The number of amides is 1. The Morgan fingerprint density at radius 1 is 1.28 bits per heavy atom. The van der Waals surface area contributed by atoms with Crippen molar-refractivity contribution in [1.82, 2.24) is 19.6 Å². The van der Waals surface area contributed by atoms with Crippen molar-refractivity contribution in [3.63, 3.8) is 0 Å². The fourth-order valence-corrected chi connectivity index (χ4v) is 3.60. The van der Waals surface area contributed by atoms with Gasteiger partial charge in [0.1, 0.15) is 5.75 Å². The highest BCUT2D eigenvalue weighted by Gasteiger charge is 2.19. The zero-order valence-corrected chi connectivity index (χ0v) is 17.7. The Kier molecular flexibility index (Phi) is 7.66. The second-order valence-electron chi connectivity index (χ2n) is 7.62. The van der Waals surface area contributed by atoms with E-state index in [1.807, 2.05) is 24.3 Å². The summed E-state index contributed by atoms with van der Waals surface area (Å²) in [5.74, 6) is 0.784. The highest BCUT2D eigenvalue weighted by molar-refractivity contribution is 5.93. The number of benzene rings is 1. The van der Waals surface area contributed by atoms with Gasteiger partial charge in [0.25, 0.3) is 5.91 Å². The molecule has 0 radical (unpaired) electrons. The average Bonchev–Trinajstić information content (AvgIpc) is 3.39. The van der Waals surface area contributed by atoms with Crippen LogP contribution in [0.5, 0.6) is 5.75 Å². The number of ether oxygens (including phenoxy) is 2. The molecular formula is C22H32N4O3. The first-order valence-electron chi connectivity index (χ1n) is 10.3. The maximum absolute atomic E-state index is 12.4. The van der Waals surface area contributed by atoms with Gasteiger partial charge >= 0.3 is 0 Å². The van der Waals surface area contributed by atoms with Crippen LogP contribution >= 0.6 is 0 Å². The molecule has 2 heterocycles. The van der Waals surface area contributed by atoms with Crippen molar-refractivity contribution in [3.05, 3.63) is 42.2 Å². The molecule has 1 amide bonds. The van der Waals surface area contributed by atoms with Crippen LogP contribution < -0.4 is 4.74 Å². The lowest BCUT2D eigenvalue weighted by Gasteiger charge is -2.20. The van der Waals surface area contributed by atoms with Crippen molar-refractivity contribution in [2.75, 3.05) is 47.0 Å². The highest BCUT2D eigenvalue weighted by atomic mass is 16.5. The Morgan fingerprint density at radius 3 is 2.76 bits per heavy atom. The van der Waals surface area contributed by atoms with E-state index in [9.17, 15) is 4.79 Å². The number of carbonyl (C=O) groups is 1. The molecule has 1 aromatic carbocycles. The molecule has 3 rings (SSSR count). The zero-order valence-electron chi connectivity index (χ0n) is 17.7. The van der Waals surface area contributed by atoms with Crippen molar-refractivity contribution in [2.45, 2.75) is 32.2 Å². The maximum atomic E-state index is 12.4. The number of methoxy groups -OCH3 is 1. The molecule has 158 valence electrons. The molecule has 29 heavy (non-hydrogen) atoms. The Balaban J connectivity index is 1.48. The van der Waals surface area contributed by atoms with Gasteiger partial charge in [-0.15, -0.1) is 0 Å². The summed E-state index contributed by atoms with van der Waals surface area (Å²) in [4.78, 5) is 16.6. The maximum Gasteiger partial charge on any atom is 0.256 e. The molecule has 7 heteroatoms. The molecule has 0 bridgehead atoms. The van der Waals surface area contributed by atoms with Gasteiger partial charge in [-0.1, -0.05) is 0 Å². The van der Waals surface area contributed by atoms with Crippen molar-refractivity contribution >= 4 is 5.91 Å². The molecule has 0 aliphatic carbocycles. The molecule has 1 saturated heterocycles. The second-order valence-corrected chi connectivity index (χ2v) is 7.62. The molecule has 1 aromatic heterocycles. The largest absolute Gasteiger partial charge is 0.494 e. The summed E-state index contributed by atoms with van der Waals surface area (Å²) in [7, 11) is 3.38. The van der Waals surface area contributed by atoms with Gasteiger partial charge in [-0.05, 0) is 57.0 Å². The van der Waals surface area contributed by atoms with Crippen LogP contribution in [0.1, 0.15) is 36.5 Å². The van der Waals surface area contributed by atoms with Crippen LogP contribution in [0.15, 0.2) is 36.7 Å². The van der Waals surface area contributed by atoms with Crippen LogP contribution in [-0.2, 0) is 4.74 Å². The van der Waals surface area contributed by atoms with E-state index in [1.54, 1.807) is 36.1 Å². The lowest BCUT2D eigenvalue weighted by atomic mass is 10.2. The zero-order chi connectivity index (χ0) is 20.6. The monoisotopic (exact) mass is 400 g/mol. The number of likely N-dealkylation sites (N-methyl/N-ethyl adjacent to an activating group) is 1. The number of rotatable bonds is 10. The Bertz CT molecular complexity index is 775. The molecule has 0 saturated carbocycles. The SMILES string of the molecule is COCCN(C)C(=O)c1cnn(-c2ccc(OCCCN3CCCC3C)cc2)c1. The van der Waals surface area contributed by atoms with Crippen LogP contribution in [-0.4, -0.2) is 78.5 Å². The standard InChI is InChI=1S/C22H32N4O3/c1-18-6-4-11-25(18)12-5-14-29-21-9-7-20(8-10-21)26-17-19(16-23-26)22(27)24(2)13-15-28-3/h7-10,16-18H,4-6,11-15H2,1-3H3. The van der Waals surface area contributed by atoms with Crippen LogP contribution in [0.2, 0.25) is 0 Å². The summed E-state index contributed by atoms with van der Waals surface area (Å²) < 4.78 is 12.6. The van der Waals surface area contributed by atoms with Crippen molar-refractivity contribution in [2.24, 2.45) is 0 Å². The lowest BCUT2D eigenvalue weighted by molar-refractivity contribution is 0.0744. The first-order chi connectivity index (χ1) is 14.1. The molecule has 1 unspecified atom stereocenters. The fourth-order valence-electron chi connectivity index (χ4n) is 3.60. The quantitative estimate of drug-likeness (QED) is 0.574. The van der Waals surface area contributed by atoms with Crippen LogP contribution in [0, 0.1) is 0 Å². The summed E-state index contributed by atoms with van der Waals surface area (Å²) in [5, 5.41) is 4.32. The topological polar surface area (TPSA) is 59.8 Å². The van der Waals surface area contributed by atoms with E-state index < -0.39 is 0 Å². The number of aromatic nitrogens is 2. The van der Waals surface area contributed by atoms with Crippen LogP contribution in [0.25, 0.3) is 5.69 Å². The van der Waals surface area contributed by atoms with Gasteiger partial charge in [-0.3, -0.25) is 4.79 Å². The number of hydrogen-bond donors (Lipinski definition) is 0. The third-order valence-corrected chi connectivity index (χ3v) is 5.46. The molecule has 2 aromatic rings. The Labute approximate surface area is 173 Å². The lowest BCUT2D eigenvalue weighted by Crippen LogP contribution is -2.29. The summed E-state index contributed by atoms with van der Waals surface area (Å²) in [5.41, 5.74) is 1.45. The highest BCUT2D eigenvalue weighted by Crippen LogP contribution is 2.18. The van der Waals surface area contributed by atoms with E-state index in [-0.39, 0.29) is 5.91 Å². The van der Waals surface area contributed by atoms with Gasteiger partial charge in [0.2, 0.25) is 0 Å². The molecule has 7 nitrogen and oxygen atoms in total. The summed E-state index contributed by atoms with van der Waals surface area (Å²) >= 11 is 0. The van der Waals surface area contributed by atoms with Gasteiger partial charge in [0.05, 0.1) is 30.7 Å². The van der Waals surface area contributed by atoms with E-state index in [1.165, 1.54) is 19.4 Å². The van der Waals surface area contributed by atoms with Crippen molar-refractivity contribution < 1.29 is 14.3 Å². The van der Waals surface area contributed by atoms with Gasteiger partial charge in [0, 0.05) is 39.5 Å². The van der Waals surface area contributed by atoms with Gasteiger partial charge in [-0.25, -0.2) is 4.68 Å². The second kappa shape index (κ2) is 10.4. The van der Waals surface area contributed by atoms with E-state index >= 15 is 0 Å². The average molecular weight is 401 g/mol. The summed E-state index contributed by atoms with van der Waals surface area (Å²) in [6.45, 7) is 6.39. The summed E-state index contributed by atoms with van der Waals surface area (Å²) in [6, 6.07) is 8.50. The predicted molar refractivity (Wildman–Crippen MR) is 113 cm³/mol. The minimum atomic E-state index is -0.0689. The normalized spacial score (nSPS) is 16.9. The van der Waals surface area contributed by atoms with E-state index in [4.69, 9.17) is 9.47 Å². The molecule has 1 fully saturated rings. The number of likely N-dealkylation sites (tertiary alicyclic amines) is 1. The molecular weight excluding hydrogens is 368 g/mol. The smallest absolute Gasteiger partial charge is 0.256 e. The Morgan fingerprint density at radius 2 is 2.07 bits per heavy atom.